The number of hydrogen-bond donors (Lipinski definition) is 1. The van der Waals surface area contributed by atoms with E-state index in [0.717, 1.165) is 4.90 Å². The van der Waals surface area contributed by atoms with Gasteiger partial charge in [-0.05, 0) is 42.7 Å². The molecule has 92 valence electrons. The van der Waals surface area contributed by atoms with Crippen molar-refractivity contribution in [2.45, 2.75) is 4.90 Å². The second-order valence-electron chi connectivity index (χ2n) is 3.44. The van der Waals surface area contributed by atoms with Gasteiger partial charge >= 0.3 is 5.97 Å². The van der Waals surface area contributed by atoms with Gasteiger partial charge in [0.15, 0.2) is 0 Å². The third-order valence-electron chi connectivity index (χ3n) is 2.28. The molecule has 0 aliphatic heterocycles. The summed E-state index contributed by atoms with van der Waals surface area (Å²) in [5, 5.41) is 9.00. The normalized spacial score (nSPS) is 10.1. The Morgan fingerprint density at radius 3 is 2.61 bits per heavy atom. The Kier molecular flexibility index (Phi) is 3.84. The van der Waals surface area contributed by atoms with Crippen molar-refractivity contribution in [1.82, 2.24) is 4.98 Å². The highest BCUT2D eigenvalue weighted by molar-refractivity contribution is 7.98. The van der Waals surface area contributed by atoms with Crippen molar-refractivity contribution >= 4 is 17.7 Å². The fourth-order valence-corrected chi connectivity index (χ4v) is 1.80. The van der Waals surface area contributed by atoms with Gasteiger partial charge in [0.25, 0.3) is 0 Å². The van der Waals surface area contributed by atoms with Crippen LogP contribution < -0.4 is 4.74 Å². The Morgan fingerprint density at radius 2 is 2.00 bits per heavy atom. The van der Waals surface area contributed by atoms with Crippen LogP contribution in [0.25, 0.3) is 0 Å². The van der Waals surface area contributed by atoms with Crippen LogP contribution in [0.4, 0.5) is 0 Å². The lowest BCUT2D eigenvalue weighted by molar-refractivity contribution is 0.0693. The van der Waals surface area contributed by atoms with Gasteiger partial charge < -0.3 is 9.84 Å². The molecule has 18 heavy (non-hydrogen) atoms. The van der Waals surface area contributed by atoms with Gasteiger partial charge in [-0.15, -0.1) is 11.8 Å². The molecule has 0 atom stereocenters. The fourth-order valence-electron chi connectivity index (χ4n) is 1.39. The fraction of sp³-hybridized carbons (Fsp3) is 0.0769. The molecule has 2 aromatic rings. The van der Waals surface area contributed by atoms with Gasteiger partial charge in [-0.2, -0.15) is 0 Å². The van der Waals surface area contributed by atoms with Crippen molar-refractivity contribution in [3.05, 3.63) is 48.2 Å². The molecule has 0 bridgehead atoms. The van der Waals surface area contributed by atoms with Gasteiger partial charge in [-0.3, -0.25) is 0 Å². The topological polar surface area (TPSA) is 59.4 Å². The predicted molar refractivity (Wildman–Crippen MR) is 69.5 cm³/mol. The summed E-state index contributed by atoms with van der Waals surface area (Å²) < 4.78 is 5.47. The zero-order chi connectivity index (χ0) is 13.0. The molecular weight excluding hydrogens is 250 g/mol. The predicted octanol–water partition coefficient (Wildman–Crippen LogP) is 3.29. The Balaban J connectivity index is 2.25. The number of carboxylic acid groups (broad SMARTS) is 1. The molecule has 1 N–H and O–H groups in total. The third kappa shape index (κ3) is 2.81. The quantitative estimate of drug-likeness (QED) is 0.856. The van der Waals surface area contributed by atoms with Crippen molar-refractivity contribution in [1.29, 1.82) is 0 Å². The second kappa shape index (κ2) is 5.55. The van der Waals surface area contributed by atoms with Gasteiger partial charge in [0.1, 0.15) is 11.3 Å². The van der Waals surface area contributed by atoms with Crippen molar-refractivity contribution < 1.29 is 14.6 Å². The van der Waals surface area contributed by atoms with E-state index in [-0.39, 0.29) is 11.4 Å². The molecule has 2 rings (SSSR count). The highest BCUT2D eigenvalue weighted by atomic mass is 32.2. The molecule has 1 aromatic heterocycles. The lowest BCUT2D eigenvalue weighted by Crippen LogP contribution is -2.01. The van der Waals surface area contributed by atoms with E-state index >= 15 is 0 Å². The van der Waals surface area contributed by atoms with E-state index in [1.807, 2.05) is 18.4 Å². The molecule has 5 heteroatoms. The SMILES string of the molecule is CSc1ccc(Oc2ncccc2C(=O)O)cc1. The Labute approximate surface area is 109 Å². The number of hydrogen-bond acceptors (Lipinski definition) is 4. The molecule has 0 aliphatic rings. The van der Waals surface area contributed by atoms with Gasteiger partial charge in [-0.25, -0.2) is 9.78 Å². The Morgan fingerprint density at radius 1 is 1.28 bits per heavy atom. The highest BCUT2D eigenvalue weighted by Crippen LogP contribution is 2.25. The monoisotopic (exact) mass is 261 g/mol. The van der Waals surface area contributed by atoms with Crippen molar-refractivity contribution in [2.24, 2.45) is 0 Å². The maximum Gasteiger partial charge on any atom is 0.341 e. The molecule has 0 spiro atoms. The lowest BCUT2D eigenvalue weighted by Gasteiger charge is -2.07. The summed E-state index contributed by atoms with van der Waals surface area (Å²) in [6.45, 7) is 0. The van der Waals surface area contributed by atoms with E-state index in [9.17, 15) is 4.79 Å². The van der Waals surface area contributed by atoms with E-state index in [0.29, 0.717) is 5.75 Å². The summed E-state index contributed by atoms with van der Waals surface area (Å²) in [4.78, 5) is 16.0. The van der Waals surface area contributed by atoms with E-state index in [1.54, 1.807) is 30.0 Å². The molecule has 4 nitrogen and oxygen atoms in total. The smallest absolute Gasteiger partial charge is 0.341 e. The zero-order valence-electron chi connectivity index (χ0n) is 9.66. The minimum atomic E-state index is -1.06. The minimum absolute atomic E-state index is 0.0476. The Bertz CT molecular complexity index is 554. The molecule has 0 amide bonds. The summed E-state index contributed by atoms with van der Waals surface area (Å²) >= 11 is 1.63. The van der Waals surface area contributed by atoms with Crippen LogP contribution in [0.2, 0.25) is 0 Å². The average Bonchev–Trinajstić information content (AvgIpc) is 2.40. The van der Waals surface area contributed by atoms with Gasteiger partial charge in [0.05, 0.1) is 0 Å². The van der Waals surface area contributed by atoms with Gasteiger partial charge in [0.2, 0.25) is 5.88 Å². The van der Waals surface area contributed by atoms with E-state index in [2.05, 4.69) is 4.98 Å². The van der Waals surface area contributed by atoms with Crippen LogP contribution in [0.3, 0.4) is 0 Å². The first-order chi connectivity index (χ1) is 8.70. The lowest BCUT2D eigenvalue weighted by atomic mass is 10.3. The van der Waals surface area contributed by atoms with Gasteiger partial charge in [0, 0.05) is 11.1 Å². The molecule has 0 unspecified atom stereocenters. The van der Waals surface area contributed by atoms with Gasteiger partial charge in [-0.1, -0.05) is 0 Å². The first-order valence-corrected chi connectivity index (χ1v) is 6.43. The molecule has 1 aromatic carbocycles. The van der Waals surface area contributed by atoms with Crippen LogP contribution in [0.1, 0.15) is 10.4 Å². The largest absolute Gasteiger partial charge is 0.477 e. The number of ether oxygens (including phenoxy) is 1. The van der Waals surface area contributed by atoms with Crippen LogP contribution in [0.15, 0.2) is 47.5 Å². The summed E-state index contributed by atoms with van der Waals surface area (Å²) in [7, 11) is 0. The summed E-state index contributed by atoms with van der Waals surface area (Å²) in [5.74, 6) is -0.394. The van der Waals surface area contributed by atoms with E-state index in [1.165, 1.54) is 12.3 Å². The number of thioether (sulfide) groups is 1. The molecule has 0 saturated heterocycles. The number of rotatable bonds is 4. The number of aromatic nitrogens is 1. The summed E-state index contributed by atoms with van der Waals surface area (Å²) in [6, 6.07) is 10.4. The molecule has 1 heterocycles. The van der Waals surface area contributed by atoms with Crippen LogP contribution in [-0.2, 0) is 0 Å². The van der Waals surface area contributed by atoms with Crippen molar-refractivity contribution in [3.8, 4) is 11.6 Å². The summed E-state index contributed by atoms with van der Waals surface area (Å²) in [6.07, 6.45) is 3.48. The maximum atomic E-state index is 11.0. The number of benzene rings is 1. The molecular formula is C13H11NO3S. The standard InChI is InChI=1S/C13H11NO3S/c1-18-10-6-4-9(5-7-10)17-12-11(13(15)16)3-2-8-14-12/h2-8H,1H3,(H,15,16). The number of pyridine rings is 1. The molecule has 0 fully saturated rings. The average molecular weight is 261 g/mol. The second-order valence-corrected chi connectivity index (χ2v) is 4.32. The van der Waals surface area contributed by atoms with Crippen LogP contribution in [0, 0.1) is 0 Å². The highest BCUT2D eigenvalue weighted by Gasteiger charge is 2.12. The molecule has 0 aliphatic carbocycles. The van der Waals surface area contributed by atoms with Crippen molar-refractivity contribution in [2.75, 3.05) is 6.26 Å². The summed E-state index contributed by atoms with van der Waals surface area (Å²) in [5.41, 5.74) is 0.0476. The first kappa shape index (κ1) is 12.4. The minimum Gasteiger partial charge on any atom is -0.477 e. The number of nitrogens with zero attached hydrogens (tertiary/aromatic N) is 1. The van der Waals surface area contributed by atoms with E-state index < -0.39 is 5.97 Å². The van der Waals surface area contributed by atoms with Crippen LogP contribution in [0.5, 0.6) is 11.6 Å². The first-order valence-electron chi connectivity index (χ1n) is 5.21. The zero-order valence-corrected chi connectivity index (χ0v) is 10.5. The van der Waals surface area contributed by atoms with E-state index in [4.69, 9.17) is 9.84 Å². The van der Waals surface area contributed by atoms with Crippen LogP contribution >= 0.6 is 11.8 Å². The molecule has 0 saturated carbocycles. The molecule has 0 radical (unpaired) electrons. The Hall–Kier alpha value is -2.01. The number of carbonyl (C=O) groups is 1. The van der Waals surface area contributed by atoms with Crippen LogP contribution in [-0.4, -0.2) is 22.3 Å². The van der Waals surface area contributed by atoms with Crippen molar-refractivity contribution in [3.63, 3.8) is 0 Å². The number of aromatic carboxylic acids is 1. The number of carboxylic acids is 1. The maximum absolute atomic E-state index is 11.0. The third-order valence-corrected chi connectivity index (χ3v) is 3.02.